The Hall–Kier alpha value is -1.53. The smallest absolute Gasteiger partial charge is 0.220 e. The molecule has 0 aromatic rings. The number of rotatable bonds is 45. The Morgan fingerprint density at radius 3 is 1.40 bits per heavy atom. The summed E-state index contributed by atoms with van der Waals surface area (Å²) in [6.07, 6.45) is 32.5. The molecular weight excluding hydrogens is 895 g/mol. The number of nitrogens with one attached hydrogen (secondary N) is 1. The first kappa shape index (κ1) is 64.6. The molecule has 0 aromatic heterocycles. The highest BCUT2D eigenvalue weighted by Gasteiger charge is 2.51. The molecule has 9 N–H and O–H groups in total. The maximum Gasteiger partial charge on any atom is 0.220 e. The minimum absolute atomic E-state index is 0.247. The molecule has 70 heavy (non-hydrogen) atoms. The van der Waals surface area contributed by atoms with E-state index in [9.17, 15) is 45.6 Å². The molecule has 0 aromatic carbocycles. The maximum atomic E-state index is 13.2. The summed E-state index contributed by atoms with van der Waals surface area (Å²) in [4.78, 5) is 13.2. The van der Waals surface area contributed by atoms with Gasteiger partial charge in [-0.05, 0) is 32.1 Å². The van der Waals surface area contributed by atoms with Gasteiger partial charge in [0.1, 0.15) is 48.8 Å². The molecule has 2 fully saturated rings. The number of allylic oxidation sites excluding steroid dienone is 3. The van der Waals surface area contributed by atoms with E-state index in [2.05, 4.69) is 31.3 Å². The lowest BCUT2D eigenvalue weighted by Gasteiger charge is -2.46. The van der Waals surface area contributed by atoms with Crippen molar-refractivity contribution in [3.05, 3.63) is 24.3 Å². The van der Waals surface area contributed by atoms with Crippen LogP contribution in [0.3, 0.4) is 0 Å². The van der Waals surface area contributed by atoms with Crippen LogP contribution in [0.5, 0.6) is 0 Å². The van der Waals surface area contributed by atoms with Crippen LogP contribution in [0.4, 0.5) is 0 Å². The molecule has 2 heterocycles. The number of unbranched alkanes of at least 4 members (excludes halogenated alkanes) is 30. The number of ether oxygens (including phenoxy) is 4. The SMILES string of the molecule is CCCCCC/C=C/CC/C=C/C(O)C(COC1OC(CO)C(OC2OC(CO)C(O)C(O)C2O)C(O)C1O)NC(=O)CCCCCCCCCCCCCCCCCCCCCCCCCCCC. The van der Waals surface area contributed by atoms with E-state index in [1.807, 2.05) is 6.08 Å². The van der Waals surface area contributed by atoms with Crippen molar-refractivity contribution in [3.8, 4) is 0 Å². The van der Waals surface area contributed by atoms with Crippen molar-refractivity contribution in [3.63, 3.8) is 0 Å². The predicted octanol–water partition coefficient (Wildman–Crippen LogP) is 8.89. The van der Waals surface area contributed by atoms with Crippen LogP contribution >= 0.6 is 0 Å². The lowest BCUT2D eigenvalue weighted by molar-refractivity contribution is -0.359. The van der Waals surface area contributed by atoms with E-state index in [-0.39, 0.29) is 18.9 Å². The Kier molecular flexibility index (Phi) is 39.5. The van der Waals surface area contributed by atoms with Gasteiger partial charge in [0.05, 0.1) is 32.0 Å². The van der Waals surface area contributed by atoms with E-state index in [0.29, 0.717) is 12.8 Å². The van der Waals surface area contributed by atoms with Crippen LogP contribution < -0.4 is 5.32 Å². The summed E-state index contributed by atoms with van der Waals surface area (Å²) in [6, 6.07) is -0.925. The van der Waals surface area contributed by atoms with Crippen LogP contribution in [-0.2, 0) is 23.7 Å². The van der Waals surface area contributed by atoms with Crippen LogP contribution in [0.1, 0.15) is 232 Å². The average molecular weight is 1000 g/mol. The Balaban J connectivity index is 1.69. The van der Waals surface area contributed by atoms with Crippen LogP contribution in [0, 0.1) is 0 Å². The molecular formula is C56H105NO13. The summed E-state index contributed by atoms with van der Waals surface area (Å²) in [5.74, 6) is -0.247. The number of hydrogen-bond acceptors (Lipinski definition) is 13. The van der Waals surface area contributed by atoms with Crippen LogP contribution in [0.15, 0.2) is 24.3 Å². The molecule has 0 bridgehead atoms. The zero-order chi connectivity index (χ0) is 51.0. The van der Waals surface area contributed by atoms with E-state index in [1.165, 1.54) is 167 Å². The Bertz CT molecular complexity index is 1270. The monoisotopic (exact) mass is 1000 g/mol. The first-order chi connectivity index (χ1) is 34.1. The Morgan fingerprint density at radius 1 is 0.500 bits per heavy atom. The zero-order valence-electron chi connectivity index (χ0n) is 44.0. The van der Waals surface area contributed by atoms with Crippen molar-refractivity contribution >= 4 is 5.91 Å². The third-order valence-corrected chi connectivity index (χ3v) is 14.1. The van der Waals surface area contributed by atoms with E-state index < -0.39 is 86.8 Å². The Labute approximate surface area is 424 Å². The van der Waals surface area contributed by atoms with E-state index in [4.69, 9.17) is 18.9 Å². The third kappa shape index (κ3) is 28.8. The van der Waals surface area contributed by atoms with Gasteiger partial charge in [-0.15, -0.1) is 0 Å². The second kappa shape index (κ2) is 42.8. The van der Waals surface area contributed by atoms with Crippen molar-refractivity contribution < 1.29 is 64.6 Å². The van der Waals surface area contributed by atoms with Crippen LogP contribution in [0.25, 0.3) is 0 Å². The minimum atomic E-state index is -1.79. The summed E-state index contributed by atoms with van der Waals surface area (Å²) in [5, 5.41) is 86.7. The molecule has 0 saturated carbocycles. The lowest BCUT2D eigenvalue weighted by Crippen LogP contribution is -2.65. The molecule has 0 radical (unpaired) electrons. The molecule has 12 atom stereocenters. The zero-order valence-corrected chi connectivity index (χ0v) is 44.0. The van der Waals surface area contributed by atoms with Crippen molar-refractivity contribution in [2.75, 3.05) is 19.8 Å². The fourth-order valence-electron chi connectivity index (χ4n) is 9.48. The molecule has 14 nitrogen and oxygen atoms in total. The van der Waals surface area contributed by atoms with Gasteiger partial charge in [-0.3, -0.25) is 4.79 Å². The summed E-state index contributed by atoms with van der Waals surface area (Å²) in [5.41, 5.74) is 0. The topological polar surface area (TPSA) is 228 Å². The number of carbonyl (C=O) groups is 1. The van der Waals surface area contributed by atoms with Gasteiger partial charge in [-0.2, -0.15) is 0 Å². The van der Waals surface area contributed by atoms with Gasteiger partial charge in [0.2, 0.25) is 5.91 Å². The highest BCUT2D eigenvalue weighted by Crippen LogP contribution is 2.30. The molecule has 2 aliphatic heterocycles. The van der Waals surface area contributed by atoms with Gasteiger partial charge in [-0.1, -0.05) is 218 Å². The minimum Gasteiger partial charge on any atom is -0.394 e. The molecule has 2 saturated heterocycles. The van der Waals surface area contributed by atoms with Crippen molar-refractivity contribution in [2.24, 2.45) is 0 Å². The molecule has 2 aliphatic rings. The summed E-state index contributed by atoms with van der Waals surface area (Å²) >= 11 is 0. The van der Waals surface area contributed by atoms with E-state index in [0.717, 1.165) is 32.1 Å². The largest absolute Gasteiger partial charge is 0.394 e. The summed E-state index contributed by atoms with van der Waals surface area (Å²) < 4.78 is 22.7. The fourth-order valence-corrected chi connectivity index (χ4v) is 9.48. The summed E-state index contributed by atoms with van der Waals surface area (Å²) in [6.45, 7) is 2.75. The van der Waals surface area contributed by atoms with Crippen molar-refractivity contribution in [1.29, 1.82) is 0 Å². The molecule has 14 heteroatoms. The standard InChI is InChI=1S/C56H105NO13/c1-3-5-7-9-11-13-15-16-17-18-19-20-21-22-23-24-25-26-27-28-29-30-32-34-36-38-40-48(61)57-44(45(60)39-37-35-33-31-14-12-10-8-6-4-2)43-67-55-53(66)51(64)54(47(42-59)69-55)70-56-52(65)50(63)49(62)46(41-58)68-56/h14,31,37,39,44-47,49-56,58-60,62-66H,3-13,15-30,32-36,38,40-43H2,1-2H3,(H,57,61)/b31-14+,39-37+. The number of aliphatic hydroxyl groups is 8. The Morgan fingerprint density at radius 2 is 0.914 bits per heavy atom. The normalized spacial score (nSPS) is 26.1. The number of hydrogen-bond donors (Lipinski definition) is 9. The summed E-state index contributed by atoms with van der Waals surface area (Å²) in [7, 11) is 0. The average Bonchev–Trinajstić information content (AvgIpc) is 3.36. The van der Waals surface area contributed by atoms with Gasteiger partial charge in [0.25, 0.3) is 0 Å². The van der Waals surface area contributed by atoms with Crippen LogP contribution in [0.2, 0.25) is 0 Å². The molecule has 12 unspecified atom stereocenters. The number of carbonyl (C=O) groups excluding carboxylic acids is 1. The highest BCUT2D eigenvalue weighted by atomic mass is 16.7. The van der Waals surface area contributed by atoms with Gasteiger partial charge in [-0.25, -0.2) is 0 Å². The fraction of sp³-hybridized carbons (Fsp3) is 0.911. The highest BCUT2D eigenvalue weighted by molar-refractivity contribution is 5.76. The predicted molar refractivity (Wildman–Crippen MR) is 277 cm³/mol. The first-order valence-corrected chi connectivity index (χ1v) is 28.6. The quantitative estimate of drug-likeness (QED) is 0.0205. The number of aliphatic hydroxyl groups excluding tert-OH is 8. The van der Waals surface area contributed by atoms with Gasteiger partial charge < -0.3 is 65.1 Å². The van der Waals surface area contributed by atoms with E-state index >= 15 is 0 Å². The van der Waals surface area contributed by atoms with Gasteiger partial charge >= 0.3 is 0 Å². The second-order valence-electron chi connectivity index (χ2n) is 20.4. The van der Waals surface area contributed by atoms with Crippen molar-refractivity contribution in [2.45, 2.75) is 306 Å². The second-order valence-corrected chi connectivity index (χ2v) is 20.4. The molecule has 1 amide bonds. The lowest BCUT2D eigenvalue weighted by atomic mass is 9.97. The molecule has 0 aliphatic carbocycles. The van der Waals surface area contributed by atoms with Gasteiger partial charge in [0, 0.05) is 6.42 Å². The van der Waals surface area contributed by atoms with Crippen LogP contribution in [-0.4, -0.2) is 140 Å². The molecule has 412 valence electrons. The maximum absolute atomic E-state index is 13.2. The molecule has 0 spiro atoms. The first-order valence-electron chi connectivity index (χ1n) is 28.6. The third-order valence-electron chi connectivity index (χ3n) is 14.1. The molecule has 2 rings (SSSR count). The number of amides is 1. The van der Waals surface area contributed by atoms with E-state index in [1.54, 1.807) is 6.08 Å². The van der Waals surface area contributed by atoms with Gasteiger partial charge in [0.15, 0.2) is 12.6 Å². The van der Waals surface area contributed by atoms with Crippen molar-refractivity contribution in [1.82, 2.24) is 5.32 Å².